The van der Waals surface area contributed by atoms with Gasteiger partial charge in [-0.25, -0.2) is 9.67 Å². The lowest BCUT2D eigenvalue weighted by Crippen LogP contribution is -2.34. The highest BCUT2D eigenvalue weighted by Gasteiger charge is 2.11. The number of benzene rings is 1. The van der Waals surface area contributed by atoms with Gasteiger partial charge in [-0.05, 0) is 19.4 Å². The van der Waals surface area contributed by atoms with Crippen molar-refractivity contribution in [1.29, 1.82) is 0 Å². The maximum Gasteiger partial charge on any atom is 0.275 e. The van der Waals surface area contributed by atoms with E-state index in [0.717, 1.165) is 29.9 Å². The maximum absolute atomic E-state index is 12.5. The minimum Gasteiger partial charge on any atom is -0.347 e. The smallest absolute Gasteiger partial charge is 0.275 e. The number of nitrogens with one attached hydrogen (secondary N) is 1. The molecule has 130 valence electrons. The van der Waals surface area contributed by atoms with E-state index in [1.54, 1.807) is 18.3 Å². The first kappa shape index (κ1) is 16.9. The molecule has 1 amide bonds. The lowest BCUT2D eigenvalue weighted by Gasteiger charge is -2.10. The van der Waals surface area contributed by atoms with E-state index < -0.39 is 0 Å². The second-order valence-electron chi connectivity index (χ2n) is 5.91. The minimum atomic E-state index is -0.268. The van der Waals surface area contributed by atoms with E-state index in [4.69, 9.17) is 0 Å². The highest BCUT2D eigenvalue weighted by Crippen LogP contribution is 2.11. The number of aromatic nitrogens is 4. The van der Waals surface area contributed by atoms with Crippen molar-refractivity contribution in [2.75, 3.05) is 0 Å². The maximum atomic E-state index is 12.5. The minimum absolute atomic E-state index is 0.112. The van der Waals surface area contributed by atoms with E-state index in [0.29, 0.717) is 11.9 Å². The molecule has 0 aliphatic heterocycles. The van der Waals surface area contributed by atoms with Gasteiger partial charge < -0.3 is 9.88 Å². The SMILES string of the molecule is CCCn1ccnc1CNC(=O)Cn1nc(C)c2ccccc2c1=O. The monoisotopic (exact) mass is 339 g/mol. The molecule has 0 aliphatic carbocycles. The molecule has 2 heterocycles. The van der Waals surface area contributed by atoms with Crippen LogP contribution in [0.1, 0.15) is 24.9 Å². The van der Waals surface area contributed by atoms with Gasteiger partial charge in [0.1, 0.15) is 12.4 Å². The molecule has 0 aliphatic rings. The number of imidazole rings is 1. The summed E-state index contributed by atoms with van der Waals surface area (Å²) < 4.78 is 3.22. The molecule has 0 fully saturated rings. The van der Waals surface area contributed by atoms with Crippen molar-refractivity contribution in [2.24, 2.45) is 0 Å². The Morgan fingerprint density at radius 1 is 1.24 bits per heavy atom. The normalized spacial score (nSPS) is 11.0. The van der Waals surface area contributed by atoms with Crippen LogP contribution in [-0.2, 0) is 24.4 Å². The van der Waals surface area contributed by atoms with Crippen molar-refractivity contribution >= 4 is 16.7 Å². The Hall–Kier alpha value is -2.96. The van der Waals surface area contributed by atoms with Gasteiger partial charge in [0.15, 0.2) is 0 Å². The van der Waals surface area contributed by atoms with Crippen molar-refractivity contribution in [1.82, 2.24) is 24.6 Å². The van der Waals surface area contributed by atoms with Gasteiger partial charge in [0.2, 0.25) is 5.91 Å². The van der Waals surface area contributed by atoms with Crippen LogP contribution in [0.15, 0.2) is 41.5 Å². The first-order valence-corrected chi connectivity index (χ1v) is 8.33. The molecule has 25 heavy (non-hydrogen) atoms. The van der Waals surface area contributed by atoms with Crippen LogP contribution in [0.5, 0.6) is 0 Å². The summed E-state index contributed by atoms with van der Waals surface area (Å²) in [6.45, 7) is 4.99. The first-order valence-electron chi connectivity index (χ1n) is 8.33. The molecule has 0 radical (unpaired) electrons. The Morgan fingerprint density at radius 2 is 2.00 bits per heavy atom. The molecule has 0 spiro atoms. The van der Waals surface area contributed by atoms with E-state index in [2.05, 4.69) is 22.3 Å². The third-order valence-electron chi connectivity index (χ3n) is 4.06. The van der Waals surface area contributed by atoms with Crippen molar-refractivity contribution in [3.8, 4) is 0 Å². The Balaban J connectivity index is 1.73. The van der Waals surface area contributed by atoms with Gasteiger partial charge >= 0.3 is 0 Å². The highest BCUT2D eigenvalue weighted by molar-refractivity contribution is 5.83. The predicted molar refractivity (Wildman–Crippen MR) is 95.1 cm³/mol. The standard InChI is InChI=1S/C18H21N5O2/c1-3-9-22-10-8-19-16(22)11-20-17(24)12-23-18(25)15-7-5-4-6-14(15)13(2)21-23/h4-8,10H,3,9,11-12H2,1-2H3,(H,20,24). The van der Waals surface area contributed by atoms with Gasteiger partial charge in [-0.3, -0.25) is 9.59 Å². The quantitative estimate of drug-likeness (QED) is 0.740. The number of fused-ring (bicyclic) bond motifs is 1. The fourth-order valence-corrected chi connectivity index (χ4v) is 2.83. The average Bonchev–Trinajstić information content (AvgIpc) is 3.05. The number of hydrogen-bond acceptors (Lipinski definition) is 4. The fourth-order valence-electron chi connectivity index (χ4n) is 2.83. The Morgan fingerprint density at radius 3 is 2.76 bits per heavy atom. The number of amides is 1. The van der Waals surface area contributed by atoms with Crippen LogP contribution in [0.4, 0.5) is 0 Å². The number of nitrogens with zero attached hydrogens (tertiary/aromatic N) is 4. The third kappa shape index (κ3) is 3.60. The summed E-state index contributed by atoms with van der Waals surface area (Å²) in [6.07, 6.45) is 4.60. The number of carbonyl (C=O) groups is 1. The van der Waals surface area contributed by atoms with Crippen LogP contribution in [0.25, 0.3) is 10.8 Å². The van der Waals surface area contributed by atoms with Crippen LogP contribution in [0, 0.1) is 6.92 Å². The molecule has 3 rings (SSSR count). The fraction of sp³-hybridized carbons (Fsp3) is 0.333. The van der Waals surface area contributed by atoms with E-state index in [1.807, 2.05) is 29.8 Å². The molecular formula is C18H21N5O2. The zero-order valence-electron chi connectivity index (χ0n) is 14.4. The van der Waals surface area contributed by atoms with Crippen molar-refractivity contribution < 1.29 is 4.79 Å². The third-order valence-corrected chi connectivity index (χ3v) is 4.06. The van der Waals surface area contributed by atoms with Gasteiger partial charge in [-0.2, -0.15) is 5.10 Å². The van der Waals surface area contributed by atoms with Gasteiger partial charge in [-0.1, -0.05) is 25.1 Å². The summed E-state index contributed by atoms with van der Waals surface area (Å²) >= 11 is 0. The summed E-state index contributed by atoms with van der Waals surface area (Å²) in [5.74, 6) is 0.528. The summed E-state index contributed by atoms with van der Waals surface area (Å²) in [5.41, 5.74) is 0.463. The lowest BCUT2D eigenvalue weighted by atomic mass is 10.1. The van der Waals surface area contributed by atoms with Crippen molar-refractivity contribution in [2.45, 2.75) is 39.9 Å². The Bertz CT molecular complexity index is 957. The molecular weight excluding hydrogens is 318 g/mol. The second kappa shape index (κ2) is 7.29. The molecule has 0 saturated carbocycles. The molecule has 1 aromatic carbocycles. The zero-order valence-corrected chi connectivity index (χ0v) is 14.4. The molecule has 0 unspecified atom stereocenters. The van der Waals surface area contributed by atoms with Crippen molar-refractivity contribution in [3.63, 3.8) is 0 Å². The molecule has 7 heteroatoms. The molecule has 0 bridgehead atoms. The van der Waals surface area contributed by atoms with Gasteiger partial charge in [0.05, 0.1) is 17.6 Å². The van der Waals surface area contributed by atoms with Crippen LogP contribution in [-0.4, -0.2) is 25.2 Å². The van der Waals surface area contributed by atoms with Gasteiger partial charge in [0, 0.05) is 24.3 Å². The second-order valence-corrected chi connectivity index (χ2v) is 5.91. The Labute approximate surface area is 145 Å². The summed E-state index contributed by atoms with van der Waals surface area (Å²) in [5, 5.41) is 8.44. The van der Waals surface area contributed by atoms with E-state index in [-0.39, 0.29) is 18.0 Å². The highest BCUT2D eigenvalue weighted by atomic mass is 16.2. The van der Waals surface area contributed by atoms with E-state index in [9.17, 15) is 9.59 Å². The van der Waals surface area contributed by atoms with E-state index in [1.165, 1.54) is 4.68 Å². The molecule has 0 atom stereocenters. The molecule has 2 aromatic heterocycles. The van der Waals surface area contributed by atoms with Crippen molar-refractivity contribution in [3.05, 3.63) is 58.5 Å². The zero-order chi connectivity index (χ0) is 17.8. The first-order chi connectivity index (χ1) is 12.1. The van der Waals surface area contributed by atoms with Crippen LogP contribution < -0.4 is 10.9 Å². The van der Waals surface area contributed by atoms with Crippen LogP contribution in [0.3, 0.4) is 0 Å². The molecule has 7 nitrogen and oxygen atoms in total. The number of hydrogen-bond donors (Lipinski definition) is 1. The topological polar surface area (TPSA) is 81.8 Å². The van der Waals surface area contributed by atoms with Gasteiger partial charge in [-0.15, -0.1) is 0 Å². The van der Waals surface area contributed by atoms with Crippen LogP contribution in [0.2, 0.25) is 0 Å². The average molecular weight is 339 g/mol. The summed E-state index contributed by atoms with van der Waals surface area (Å²) in [4.78, 5) is 29.0. The number of rotatable bonds is 6. The lowest BCUT2D eigenvalue weighted by molar-refractivity contribution is -0.122. The number of aryl methyl sites for hydroxylation is 2. The largest absolute Gasteiger partial charge is 0.347 e. The summed E-state index contributed by atoms with van der Waals surface area (Å²) in [7, 11) is 0. The molecule has 0 saturated heterocycles. The summed E-state index contributed by atoms with van der Waals surface area (Å²) in [6, 6.07) is 7.28. The molecule has 1 N–H and O–H groups in total. The van der Waals surface area contributed by atoms with E-state index >= 15 is 0 Å². The van der Waals surface area contributed by atoms with Gasteiger partial charge in [0.25, 0.3) is 5.56 Å². The predicted octanol–water partition coefficient (Wildman–Crippen LogP) is 1.63. The Kier molecular flexibility index (Phi) is 4.92. The van der Waals surface area contributed by atoms with Crippen LogP contribution >= 0.6 is 0 Å². The molecule has 3 aromatic rings. The number of carbonyl (C=O) groups excluding carboxylic acids is 1.